The van der Waals surface area contributed by atoms with Crippen molar-refractivity contribution >= 4 is 0 Å². The molecule has 0 aromatic heterocycles. The third-order valence-corrected chi connectivity index (χ3v) is 2.24. The fourth-order valence-electron chi connectivity index (χ4n) is 1.16. The van der Waals surface area contributed by atoms with Gasteiger partial charge in [0.15, 0.2) is 0 Å². The van der Waals surface area contributed by atoms with Crippen LogP contribution < -0.4 is 37.2 Å². The van der Waals surface area contributed by atoms with Gasteiger partial charge in [0.2, 0.25) is 0 Å². The zero-order chi connectivity index (χ0) is 7.02. The standard InChI is InChI=1S/C9H13.3ClH.Zr/c1-6-5-7(2)9(4)8(6)3;;;;/h6H,1-4H3;3*1H;/q-1;;;;+4/p-3. The Balaban J connectivity index is -0.000000101. The second kappa shape index (κ2) is 9.78. The topological polar surface area (TPSA) is 0 Å². The van der Waals surface area contributed by atoms with Crippen LogP contribution in [-0.4, -0.2) is 0 Å². The van der Waals surface area contributed by atoms with E-state index in [4.69, 9.17) is 0 Å². The third-order valence-electron chi connectivity index (χ3n) is 2.24. The van der Waals surface area contributed by atoms with E-state index in [1.807, 2.05) is 0 Å². The Morgan fingerprint density at radius 2 is 1.38 bits per heavy atom. The van der Waals surface area contributed by atoms with Gasteiger partial charge in [0.1, 0.15) is 0 Å². The molecule has 0 radical (unpaired) electrons. The van der Waals surface area contributed by atoms with Gasteiger partial charge in [0.25, 0.3) is 0 Å². The van der Waals surface area contributed by atoms with Crippen molar-refractivity contribution < 1.29 is 63.4 Å². The molecule has 0 saturated carbocycles. The first-order chi connectivity index (χ1) is 4.13. The van der Waals surface area contributed by atoms with Crippen LogP contribution in [0.5, 0.6) is 0 Å². The Labute approximate surface area is 119 Å². The average Bonchev–Trinajstić information content (AvgIpc) is 1.98. The number of rotatable bonds is 0. The molecule has 1 atom stereocenters. The fraction of sp³-hybridized carbons (Fsp3) is 0.556. The molecule has 1 aliphatic rings. The van der Waals surface area contributed by atoms with Crippen molar-refractivity contribution in [3.63, 3.8) is 0 Å². The minimum absolute atomic E-state index is 0. The second-order valence-corrected chi connectivity index (χ2v) is 2.80. The van der Waals surface area contributed by atoms with Crippen molar-refractivity contribution in [3.05, 3.63) is 22.8 Å². The molecule has 1 rings (SSSR count). The second-order valence-electron chi connectivity index (χ2n) is 2.80. The van der Waals surface area contributed by atoms with E-state index in [2.05, 4.69) is 33.8 Å². The van der Waals surface area contributed by atoms with Crippen LogP contribution in [0.1, 0.15) is 27.7 Å². The third kappa shape index (κ3) is 5.62. The van der Waals surface area contributed by atoms with Crippen LogP contribution in [0.25, 0.3) is 0 Å². The Morgan fingerprint density at radius 3 is 1.46 bits per heavy atom. The molecule has 0 bridgehead atoms. The molecule has 0 aromatic carbocycles. The van der Waals surface area contributed by atoms with Gasteiger partial charge in [-0.15, -0.1) is 6.92 Å². The molecule has 0 aliphatic heterocycles. The molecule has 0 nitrogen and oxygen atoms in total. The van der Waals surface area contributed by atoms with Crippen LogP contribution in [0, 0.1) is 12.0 Å². The van der Waals surface area contributed by atoms with Crippen molar-refractivity contribution in [2.75, 3.05) is 0 Å². The van der Waals surface area contributed by atoms with Gasteiger partial charge in [-0.05, 0) is 0 Å². The molecule has 1 aliphatic carbocycles. The molecule has 0 fully saturated rings. The minimum Gasteiger partial charge on any atom is -1.00 e. The van der Waals surface area contributed by atoms with E-state index >= 15 is 0 Å². The summed E-state index contributed by atoms with van der Waals surface area (Å²) in [7, 11) is 0. The summed E-state index contributed by atoms with van der Waals surface area (Å²) in [5, 5.41) is 0. The van der Waals surface area contributed by atoms with Crippen LogP contribution in [0.15, 0.2) is 16.7 Å². The molecule has 1 unspecified atom stereocenters. The molecule has 0 heterocycles. The smallest absolute Gasteiger partial charge is 1.00 e. The first-order valence-corrected chi connectivity index (χ1v) is 3.40. The van der Waals surface area contributed by atoms with Gasteiger partial charge in [-0.1, -0.05) is 26.7 Å². The zero-order valence-corrected chi connectivity index (χ0v) is 12.9. The SMILES string of the molecule is CC1=[C-]C(C)C(C)=C1C.[Cl-].[Cl-].[Cl-].[Zr+4]. The van der Waals surface area contributed by atoms with Gasteiger partial charge in [0, 0.05) is 0 Å². The summed E-state index contributed by atoms with van der Waals surface area (Å²) in [6.07, 6.45) is 3.36. The summed E-state index contributed by atoms with van der Waals surface area (Å²) in [6, 6.07) is 0. The van der Waals surface area contributed by atoms with Gasteiger partial charge in [-0.3, -0.25) is 6.08 Å². The van der Waals surface area contributed by atoms with Crippen LogP contribution in [0.2, 0.25) is 0 Å². The van der Waals surface area contributed by atoms with Crippen LogP contribution in [0.4, 0.5) is 0 Å². The molecular formula is C9H13Cl3Zr. The first kappa shape index (κ1) is 23.8. The first-order valence-electron chi connectivity index (χ1n) is 3.40. The van der Waals surface area contributed by atoms with E-state index in [0.717, 1.165) is 0 Å². The number of hydrogen-bond acceptors (Lipinski definition) is 0. The van der Waals surface area contributed by atoms with E-state index in [1.54, 1.807) is 0 Å². The van der Waals surface area contributed by atoms with E-state index in [0.29, 0.717) is 5.92 Å². The molecule has 0 aromatic rings. The summed E-state index contributed by atoms with van der Waals surface area (Å²) in [5.41, 5.74) is 4.25. The Hall–Kier alpha value is 1.23. The predicted molar refractivity (Wildman–Crippen MR) is 40.0 cm³/mol. The Bertz CT molecular complexity index is 197. The molecule has 0 amide bonds. The monoisotopic (exact) mass is 316 g/mol. The van der Waals surface area contributed by atoms with Crippen molar-refractivity contribution in [1.82, 2.24) is 0 Å². The molecule has 74 valence electrons. The normalized spacial score (nSPS) is 18.8. The Kier molecular flexibility index (Phi) is 17.9. The van der Waals surface area contributed by atoms with E-state index in [-0.39, 0.29) is 63.4 Å². The van der Waals surface area contributed by atoms with Crippen LogP contribution in [-0.2, 0) is 26.2 Å². The van der Waals surface area contributed by atoms with Gasteiger partial charge in [0.05, 0.1) is 0 Å². The molecule has 4 heteroatoms. The molecule has 0 N–H and O–H groups in total. The van der Waals surface area contributed by atoms with Crippen molar-refractivity contribution in [1.29, 1.82) is 0 Å². The summed E-state index contributed by atoms with van der Waals surface area (Å²) >= 11 is 0. The summed E-state index contributed by atoms with van der Waals surface area (Å²) in [4.78, 5) is 0. The van der Waals surface area contributed by atoms with Crippen LogP contribution in [0.3, 0.4) is 0 Å². The summed E-state index contributed by atoms with van der Waals surface area (Å²) in [6.45, 7) is 8.67. The van der Waals surface area contributed by atoms with E-state index < -0.39 is 0 Å². The molecular weight excluding hydrogens is 306 g/mol. The summed E-state index contributed by atoms with van der Waals surface area (Å²) < 4.78 is 0. The number of allylic oxidation sites excluding steroid dienone is 4. The quantitative estimate of drug-likeness (QED) is 0.390. The van der Waals surface area contributed by atoms with Gasteiger partial charge >= 0.3 is 26.2 Å². The predicted octanol–water partition coefficient (Wildman–Crippen LogP) is -6.27. The van der Waals surface area contributed by atoms with E-state index in [1.165, 1.54) is 16.7 Å². The van der Waals surface area contributed by atoms with Crippen molar-refractivity contribution in [2.24, 2.45) is 5.92 Å². The maximum absolute atomic E-state index is 3.36. The van der Waals surface area contributed by atoms with Gasteiger partial charge < -0.3 is 37.2 Å². The van der Waals surface area contributed by atoms with Gasteiger partial charge in [-0.2, -0.15) is 11.1 Å². The summed E-state index contributed by atoms with van der Waals surface area (Å²) in [5.74, 6) is 0.560. The molecule has 0 saturated heterocycles. The number of halogens is 3. The Morgan fingerprint density at radius 1 is 1.00 bits per heavy atom. The number of hydrogen-bond donors (Lipinski definition) is 0. The largest absolute Gasteiger partial charge is 4.00 e. The van der Waals surface area contributed by atoms with Crippen molar-refractivity contribution in [2.45, 2.75) is 27.7 Å². The molecule has 0 spiro atoms. The maximum Gasteiger partial charge on any atom is 4.00 e. The average molecular weight is 319 g/mol. The van der Waals surface area contributed by atoms with Crippen molar-refractivity contribution in [3.8, 4) is 0 Å². The van der Waals surface area contributed by atoms with E-state index in [9.17, 15) is 0 Å². The minimum atomic E-state index is 0. The zero-order valence-electron chi connectivity index (χ0n) is 8.21. The fourth-order valence-corrected chi connectivity index (χ4v) is 1.16. The maximum atomic E-state index is 3.36. The van der Waals surface area contributed by atoms with Gasteiger partial charge in [-0.25, -0.2) is 5.57 Å². The van der Waals surface area contributed by atoms with Crippen LogP contribution >= 0.6 is 0 Å². The molecule has 13 heavy (non-hydrogen) atoms.